The van der Waals surface area contributed by atoms with E-state index in [9.17, 15) is 26.4 Å². The van der Waals surface area contributed by atoms with Gasteiger partial charge in [0, 0.05) is 19.3 Å². The topological polar surface area (TPSA) is 118 Å². The number of hydrogen-bond donors (Lipinski definition) is 1. The van der Waals surface area contributed by atoms with E-state index in [4.69, 9.17) is 0 Å². The Bertz CT molecular complexity index is 1190. The number of nitrogens with one attached hydrogen (secondary N) is 1. The molecule has 8 nitrogen and oxygen atoms in total. The van der Waals surface area contributed by atoms with Crippen LogP contribution in [0, 0.1) is 0 Å². The average Bonchev–Trinajstić information content (AvgIpc) is 2.93. The second-order valence-electron chi connectivity index (χ2n) is 6.53. The molecule has 3 rings (SSSR count). The summed E-state index contributed by atoms with van der Waals surface area (Å²) in [6.07, 6.45) is 1.09. The Hall–Kier alpha value is -2.56. The van der Waals surface area contributed by atoms with Crippen LogP contribution < -0.4 is 5.32 Å². The van der Waals surface area contributed by atoms with Gasteiger partial charge in [-0.2, -0.15) is 4.31 Å². The average molecular weight is 422 g/mol. The van der Waals surface area contributed by atoms with Gasteiger partial charge < -0.3 is 0 Å². The van der Waals surface area contributed by atoms with E-state index < -0.39 is 37.7 Å². The molecule has 1 unspecified atom stereocenters. The standard InChI is InChI=1S/C18H18N2O6S2/c1-11(12-4-6-13(7-5-12)27(3,23)24)20(2)28(25,26)14-8-9-15-16(10-14)18(22)19-17(15)21/h4-11H,1-3H3,(H,19,21,22). The summed E-state index contributed by atoms with van der Waals surface area (Å²) in [5.41, 5.74) is 0.758. The van der Waals surface area contributed by atoms with Crippen molar-refractivity contribution in [2.24, 2.45) is 0 Å². The molecule has 28 heavy (non-hydrogen) atoms. The normalized spacial score (nSPS) is 15.4. The summed E-state index contributed by atoms with van der Waals surface area (Å²) >= 11 is 0. The Labute approximate surface area is 163 Å². The maximum atomic E-state index is 13.0. The molecule has 0 fully saturated rings. The molecule has 148 valence electrons. The van der Waals surface area contributed by atoms with E-state index in [1.54, 1.807) is 19.1 Å². The summed E-state index contributed by atoms with van der Waals surface area (Å²) in [5, 5.41) is 2.12. The molecular formula is C18H18N2O6S2. The fourth-order valence-corrected chi connectivity index (χ4v) is 4.89. The van der Waals surface area contributed by atoms with Crippen LogP contribution in [0.1, 0.15) is 39.2 Å². The first-order valence-corrected chi connectivity index (χ1v) is 11.5. The molecule has 0 spiro atoms. The van der Waals surface area contributed by atoms with E-state index in [2.05, 4.69) is 5.32 Å². The molecule has 2 aromatic carbocycles. The van der Waals surface area contributed by atoms with Crippen molar-refractivity contribution in [1.29, 1.82) is 0 Å². The summed E-state index contributed by atoms with van der Waals surface area (Å²) in [7, 11) is -5.92. The van der Waals surface area contributed by atoms with Crippen molar-refractivity contribution in [1.82, 2.24) is 9.62 Å². The van der Waals surface area contributed by atoms with Crippen molar-refractivity contribution >= 4 is 31.7 Å². The van der Waals surface area contributed by atoms with Crippen LogP contribution in [0.15, 0.2) is 52.3 Å². The van der Waals surface area contributed by atoms with Crippen molar-refractivity contribution in [3.05, 3.63) is 59.2 Å². The summed E-state index contributed by atoms with van der Waals surface area (Å²) < 4.78 is 50.2. The fourth-order valence-electron chi connectivity index (χ4n) is 2.89. The van der Waals surface area contributed by atoms with Gasteiger partial charge in [0.25, 0.3) is 11.8 Å². The zero-order valence-electron chi connectivity index (χ0n) is 15.3. The third-order valence-electron chi connectivity index (χ3n) is 4.72. The maximum absolute atomic E-state index is 13.0. The van der Waals surface area contributed by atoms with Crippen LogP contribution >= 0.6 is 0 Å². The molecule has 0 bridgehead atoms. The number of sulfonamides is 1. The maximum Gasteiger partial charge on any atom is 0.258 e. The van der Waals surface area contributed by atoms with Gasteiger partial charge >= 0.3 is 0 Å². The lowest BCUT2D eigenvalue weighted by Crippen LogP contribution is -2.30. The van der Waals surface area contributed by atoms with Gasteiger partial charge in [-0.25, -0.2) is 16.8 Å². The third kappa shape index (κ3) is 3.46. The van der Waals surface area contributed by atoms with Crippen molar-refractivity contribution in [3.8, 4) is 0 Å². The molecule has 0 radical (unpaired) electrons. The Morgan fingerprint density at radius 2 is 1.39 bits per heavy atom. The lowest BCUT2D eigenvalue weighted by Gasteiger charge is -2.25. The molecule has 1 N–H and O–H groups in total. The number of amides is 2. The molecule has 2 aromatic rings. The highest BCUT2D eigenvalue weighted by Gasteiger charge is 2.31. The van der Waals surface area contributed by atoms with Crippen molar-refractivity contribution in [3.63, 3.8) is 0 Å². The smallest absolute Gasteiger partial charge is 0.258 e. The largest absolute Gasteiger partial charge is 0.288 e. The minimum atomic E-state index is -3.96. The SMILES string of the molecule is CC(c1ccc(S(C)(=O)=O)cc1)N(C)S(=O)(=O)c1ccc2c(c1)C(=O)NC2=O. The van der Waals surface area contributed by atoms with Gasteiger partial charge in [0.2, 0.25) is 10.0 Å². The minimum Gasteiger partial charge on any atom is -0.288 e. The van der Waals surface area contributed by atoms with E-state index >= 15 is 0 Å². The van der Waals surface area contributed by atoms with Gasteiger partial charge in [0.05, 0.1) is 20.9 Å². The van der Waals surface area contributed by atoms with Crippen LogP contribution in [-0.4, -0.2) is 46.3 Å². The number of fused-ring (bicyclic) bond motifs is 1. The first-order valence-electron chi connectivity index (χ1n) is 8.20. The summed E-state index contributed by atoms with van der Waals surface area (Å²) in [6, 6.07) is 9.14. The molecule has 0 aliphatic carbocycles. The third-order valence-corrected chi connectivity index (χ3v) is 7.77. The molecule has 1 atom stereocenters. The van der Waals surface area contributed by atoms with Gasteiger partial charge in [-0.3, -0.25) is 14.9 Å². The summed E-state index contributed by atoms with van der Waals surface area (Å²) in [6.45, 7) is 1.66. The van der Waals surface area contributed by atoms with E-state index in [1.165, 1.54) is 37.4 Å². The second kappa shape index (κ2) is 6.80. The monoisotopic (exact) mass is 422 g/mol. The van der Waals surface area contributed by atoms with E-state index in [1.807, 2.05) is 0 Å². The molecule has 0 saturated heterocycles. The van der Waals surface area contributed by atoms with Gasteiger partial charge in [0.15, 0.2) is 9.84 Å². The van der Waals surface area contributed by atoms with Crippen LogP contribution in [0.5, 0.6) is 0 Å². The zero-order valence-corrected chi connectivity index (χ0v) is 17.0. The Balaban J connectivity index is 1.93. The second-order valence-corrected chi connectivity index (χ2v) is 10.5. The molecule has 0 aromatic heterocycles. The Morgan fingerprint density at radius 3 is 1.96 bits per heavy atom. The van der Waals surface area contributed by atoms with Crippen LogP contribution in [0.2, 0.25) is 0 Å². The quantitative estimate of drug-likeness (QED) is 0.727. The molecule has 10 heteroatoms. The number of imide groups is 1. The number of carbonyl (C=O) groups excluding carboxylic acids is 2. The molecule has 1 aliphatic rings. The molecule has 1 heterocycles. The van der Waals surface area contributed by atoms with E-state index in [0.717, 1.165) is 10.6 Å². The number of carbonyl (C=O) groups is 2. The molecule has 1 aliphatic heterocycles. The van der Waals surface area contributed by atoms with Crippen molar-refractivity contribution < 1.29 is 26.4 Å². The lowest BCUT2D eigenvalue weighted by molar-refractivity contribution is 0.0879. The number of rotatable bonds is 5. The first-order chi connectivity index (χ1) is 12.9. The number of hydrogen-bond acceptors (Lipinski definition) is 6. The summed E-state index contributed by atoms with van der Waals surface area (Å²) in [4.78, 5) is 23.5. The van der Waals surface area contributed by atoms with Crippen LogP contribution in [0.4, 0.5) is 0 Å². The number of benzene rings is 2. The number of nitrogens with zero attached hydrogens (tertiary/aromatic N) is 1. The van der Waals surface area contributed by atoms with Crippen molar-refractivity contribution in [2.45, 2.75) is 22.8 Å². The van der Waals surface area contributed by atoms with Crippen LogP contribution in [0.3, 0.4) is 0 Å². The Kier molecular flexibility index (Phi) is 4.90. The molecule has 2 amide bonds. The van der Waals surface area contributed by atoms with Gasteiger partial charge in [0.1, 0.15) is 0 Å². The van der Waals surface area contributed by atoms with Crippen LogP contribution in [-0.2, 0) is 19.9 Å². The predicted molar refractivity (Wildman–Crippen MR) is 101 cm³/mol. The zero-order chi connectivity index (χ0) is 20.9. The van der Waals surface area contributed by atoms with Gasteiger partial charge in [-0.15, -0.1) is 0 Å². The van der Waals surface area contributed by atoms with E-state index in [-0.39, 0.29) is 20.9 Å². The highest BCUT2D eigenvalue weighted by Crippen LogP contribution is 2.28. The number of sulfone groups is 1. The minimum absolute atomic E-state index is 0.0182. The highest BCUT2D eigenvalue weighted by molar-refractivity contribution is 7.90. The lowest BCUT2D eigenvalue weighted by atomic mass is 10.1. The van der Waals surface area contributed by atoms with Crippen LogP contribution in [0.25, 0.3) is 0 Å². The van der Waals surface area contributed by atoms with E-state index in [0.29, 0.717) is 5.56 Å². The fraction of sp³-hybridized carbons (Fsp3) is 0.222. The molecule has 0 saturated carbocycles. The highest BCUT2D eigenvalue weighted by atomic mass is 32.2. The summed E-state index contributed by atoms with van der Waals surface area (Å²) in [5.74, 6) is -1.19. The Morgan fingerprint density at radius 1 is 0.857 bits per heavy atom. The van der Waals surface area contributed by atoms with Crippen molar-refractivity contribution in [2.75, 3.05) is 13.3 Å². The predicted octanol–water partition coefficient (Wildman–Crippen LogP) is 1.36. The first kappa shape index (κ1) is 20.2. The molecular weight excluding hydrogens is 404 g/mol. The van der Waals surface area contributed by atoms with Gasteiger partial charge in [-0.1, -0.05) is 12.1 Å². The van der Waals surface area contributed by atoms with Gasteiger partial charge in [-0.05, 0) is 42.8 Å².